The molecule has 0 unspecified atom stereocenters. The predicted octanol–water partition coefficient (Wildman–Crippen LogP) is 4.65. The summed E-state index contributed by atoms with van der Waals surface area (Å²) >= 11 is 0. The first-order valence-electron chi connectivity index (χ1n) is 10.8. The molecule has 0 atom stereocenters. The molecule has 34 heavy (non-hydrogen) atoms. The molecule has 0 radical (unpaired) electrons. The zero-order valence-electron chi connectivity index (χ0n) is 19.0. The highest BCUT2D eigenvalue weighted by Crippen LogP contribution is 2.33. The zero-order valence-corrected chi connectivity index (χ0v) is 19.0. The Balaban J connectivity index is 1.44. The van der Waals surface area contributed by atoms with Crippen LogP contribution in [0, 0.1) is 0 Å². The molecule has 8 heteroatoms. The number of benzene rings is 2. The molecule has 0 bridgehead atoms. The number of nitrogens with one attached hydrogen (secondary N) is 1. The maximum atomic E-state index is 12.6. The van der Waals surface area contributed by atoms with Crippen molar-refractivity contribution in [2.45, 2.75) is 20.1 Å². The van der Waals surface area contributed by atoms with Crippen molar-refractivity contribution in [3.8, 4) is 28.7 Å². The lowest BCUT2D eigenvalue weighted by Crippen LogP contribution is -2.24. The van der Waals surface area contributed by atoms with Crippen LogP contribution in [0.3, 0.4) is 0 Å². The number of carbonyl (C=O) groups is 1. The Labute approximate surface area is 197 Å². The van der Waals surface area contributed by atoms with E-state index in [0.29, 0.717) is 42.0 Å². The Kier molecular flexibility index (Phi) is 7.39. The van der Waals surface area contributed by atoms with Gasteiger partial charge in [0.25, 0.3) is 5.91 Å². The monoisotopic (exact) mass is 459 g/mol. The van der Waals surface area contributed by atoms with Crippen LogP contribution < -0.4 is 19.5 Å². The second-order valence-electron chi connectivity index (χ2n) is 7.25. The number of pyridine rings is 1. The topological polar surface area (TPSA) is 95.7 Å². The fraction of sp³-hybridized carbons (Fsp3) is 0.192. The minimum Gasteiger partial charge on any atom is -0.493 e. The third-order valence-electron chi connectivity index (χ3n) is 4.92. The van der Waals surface area contributed by atoms with E-state index in [4.69, 9.17) is 18.6 Å². The van der Waals surface area contributed by atoms with Gasteiger partial charge in [-0.15, -0.1) is 0 Å². The molecule has 2 aromatic carbocycles. The number of rotatable bonds is 10. The van der Waals surface area contributed by atoms with Crippen LogP contribution >= 0.6 is 0 Å². The van der Waals surface area contributed by atoms with Crippen molar-refractivity contribution in [1.82, 2.24) is 15.3 Å². The Hall–Kier alpha value is -4.33. The molecule has 174 valence electrons. The molecule has 0 aliphatic carbocycles. The second kappa shape index (κ2) is 11.0. The van der Waals surface area contributed by atoms with E-state index in [2.05, 4.69) is 15.3 Å². The van der Waals surface area contributed by atoms with Crippen LogP contribution in [0.5, 0.6) is 17.2 Å². The first-order valence-corrected chi connectivity index (χ1v) is 10.8. The number of carbonyl (C=O) groups excluding carboxylic acids is 1. The maximum Gasteiger partial charge on any atom is 0.274 e. The fourth-order valence-corrected chi connectivity index (χ4v) is 3.27. The first-order chi connectivity index (χ1) is 16.7. The van der Waals surface area contributed by atoms with Gasteiger partial charge in [0.1, 0.15) is 12.9 Å². The van der Waals surface area contributed by atoms with Gasteiger partial charge in [0, 0.05) is 11.8 Å². The van der Waals surface area contributed by atoms with E-state index in [9.17, 15) is 4.79 Å². The Bertz CT molecular complexity index is 1240. The molecule has 8 nitrogen and oxygen atoms in total. The average molecular weight is 460 g/mol. The lowest BCUT2D eigenvalue weighted by Gasteiger charge is -2.11. The summed E-state index contributed by atoms with van der Waals surface area (Å²) in [5.41, 5.74) is 2.57. The maximum absolute atomic E-state index is 12.6. The van der Waals surface area contributed by atoms with Crippen molar-refractivity contribution in [3.63, 3.8) is 0 Å². The summed E-state index contributed by atoms with van der Waals surface area (Å²) in [7, 11) is 1.59. The fourth-order valence-electron chi connectivity index (χ4n) is 3.27. The van der Waals surface area contributed by atoms with Gasteiger partial charge in [-0.2, -0.15) is 0 Å². The van der Waals surface area contributed by atoms with Gasteiger partial charge in [0.2, 0.25) is 5.89 Å². The molecule has 2 aromatic heterocycles. The standard InChI is InChI=1S/C26H25N3O5/c1-3-32-22-10-7-13-27-24(22)25(30)28-15-20-17-34-26(29-20)19-11-12-21(31-2)23(14-19)33-16-18-8-5-4-6-9-18/h4-14,17H,3,15-16H2,1-2H3,(H,28,30). The number of ether oxygens (including phenoxy) is 3. The largest absolute Gasteiger partial charge is 0.493 e. The number of aromatic nitrogens is 2. The molecule has 1 N–H and O–H groups in total. The summed E-state index contributed by atoms with van der Waals surface area (Å²) in [5.74, 6) is 1.68. The minimum absolute atomic E-state index is 0.179. The molecule has 4 rings (SSSR count). The SMILES string of the molecule is CCOc1cccnc1C(=O)NCc1coc(-c2ccc(OC)c(OCc3ccccc3)c2)n1. The van der Waals surface area contributed by atoms with E-state index in [1.165, 1.54) is 6.26 Å². The highest BCUT2D eigenvalue weighted by molar-refractivity contribution is 5.94. The number of oxazole rings is 1. The summed E-state index contributed by atoms with van der Waals surface area (Å²) in [6.45, 7) is 2.87. The van der Waals surface area contributed by atoms with E-state index in [0.717, 1.165) is 11.1 Å². The molecule has 0 aliphatic heterocycles. The highest BCUT2D eigenvalue weighted by Gasteiger charge is 2.16. The summed E-state index contributed by atoms with van der Waals surface area (Å²) in [6, 6.07) is 18.8. The highest BCUT2D eigenvalue weighted by atomic mass is 16.5. The van der Waals surface area contributed by atoms with E-state index in [-0.39, 0.29) is 18.1 Å². The molecular weight excluding hydrogens is 434 g/mol. The average Bonchev–Trinajstić information content (AvgIpc) is 3.36. The van der Waals surface area contributed by atoms with Crippen molar-refractivity contribution in [3.05, 3.63) is 90.1 Å². The quantitative estimate of drug-likeness (QED) is 0.369. The molecule has 4 aromatic rings. The van der Waals surface area contributed by atoms with Crippen LogP contribution in [0.1, 0.15) is 28.7 Å². The molecule has 0 fully saturated rings. The number of methoxy groups -OCH3 is 1. The summed E-state index contributed by atoms with van der Waals surface area (Å²) in [5, 5.41) is 2.80. The molecule has 0 saturated heterocycles. The number of hydrogen-bond donors (Lipinski definition) is 1. The molecule has 0 aliphatic rings. The Morgan fingerprint density at radius 2 is 1.85 bits per heavy atom. The van der Waals surface area contributed by atoms with Gasteiger partial charge in [0.05, 0.1) is 26.0 Å². The first kappa shape index (κ1) is 22.8. The second-order valence-corrected chi connectivity index (χ2v) is 7.25. The number of amides is 1. The predicted molar refractivity (Wildman–Crippen MR) is 126 cm³/mol. The number of hydrogen-bond acceptors (Lipinski definition) is 7. The van der Waals surface area contributed by atoms with Gasteiger partial charge in [-0.3, -0.25) is 4.79 Å². The van der Waals surface area contributed by atoms with Gasteiger partial charge in [-0.05, 0) is 42.8 Å². The normalized spacial score (nSPS) is 10.5. The van der Waals surface area contributed by atoms with Crippen molar-refractivity contribution in [1.29, 1.82) is 0 Å². The minimum atomic E-state index is -0.352. The molecule has 1 amide bonds. The van der Waals surface area contributed by atoms with Crippen LogP contribution in [-0.2, 0) is 13.2 Å². The van der Waals surface area contributed by atoms with Crippen molar-refractivity contribution in [2.24, 2.45) is 0 Å². The van der Waals surface area contributed by atoms with Gasteiger partial charge in [0.15, 0.2) is 22.9 Å². The van der Waals surface area contributed by atoms with Gasteiger partial charge >= 0.3 is 0 Å². The van der Waals surface area contributed by atoms with E-state index < -0.39 is 0 Å². The van der Waals surface area contributed by atoms with Gasteiger partial charge in [-0.1, -0.05) is 30.3 Å². The molecule has 0 saturated carbocycles. The summed E-state index contributed by atoms with van der Waals surface area (Å²) in [6.07, 6.45) is 3.05. The van der Waals surface area contributed by atoms with Gasteiger partial charge in [-0.25, -0.2) is 9.97 Å². The molecule has 2 heterocycles. The third kappa shape index (κ3) is 5.53. The van der Waals surface area contributed by atoms with Gasteiger partial charge < -0.3 is 23.9 Å². The Morgan fingerprint density at radius 3 is 2.65 bits per heavy atom. The zero-order chi connectivity index (χ0) is 23.8. The van der Waals surface area contributed by atoms with Crippen molar-refractivity contribution >= 4 is 5.91 Å². The van der Waals surface area contributed by atoms with E-state index in [1.54, 1.807) is 31.5 Å². The van der Waals surface area contributed by atoms with Crippen LogP contribution in [0.2, 0.25) is 0 Å². The molecular formula is C26H25N3O5. The van der Waals surface area contributed by atoms with Crippen LogP contribution in [-0.4, -0.2) is 29.6 Å². The summed E-state index contributed by atoms with van der Waals surface area (Å²) in [4.78, 5) is 21.2. The van der Waals surface area contributed by atoms with Crippen LogP contribution in [0.15, 0.2) is 77.5 Å². The number of nitrogens with zero attached hydrogens (tertiary/aromatic N) is 2. The van der Waals surface area contributed by atoms with Crippen LogP contribution in [0.25, 0.3) is 11.5 Å². The van der Waals surface area contributed by atoms with E-state index >= 15 is 0 Å². The van der Waals surface area contributed by atoms with Crippen molar-refractivity contribution < 1.29 is 23.4 Å². The van der Waals surface area contributed by atoms with E-state index in [1.807, 2.05) is 49.4 Å². The molecule has 0 spiro atoms. The third-order valence-corrected chi connectivity index (χ3v) is 4.92. The Morgan fingerprint density at radius 1 is 1.00 bits per heavy atom. The lowest BCUT2D eigenvalue weighted by atomic mass is 10.2. The van der Waals surface area contributed by atoms with Crippen molar-refractivity contribution in [2.75, 3.05) is 13.7 Å². The van der Waals surface area contributed by atoms with Crippen LogP contribution in [0.4, 0.5) is 0 Å². The summed E-state index contributed by atoms with van der Waals surface area (Å²) < 4.78 is 22.5. The lowest BCUT2D eigenvalue weighted by molar-refractivity contribution is 0.0941. The smallest absolute Gasteiger partial charge is 0.274 e.